The largest absolute Gasteiger partial charge is 0.492 e. The Kier molecular flexibility index (Phi) is 4.40. The van der Waals surface area contributed by atoms with Crippen molar-refractivity contribution < 1.29 is 4.74 Å². The summed E-state index contributed by atoms with van der Waals surface area (Å²) >= 11 is 0. The SMILES string of the molecule is Cc1cccc(OCCNC2CCN(C)C2)c1. The molecule has 3 heteroatoms. The van der Waals surface area contributed by atoms with E-state index in [-0.39, 0.29) is 0 Å². The Balaban J connectivity index is 1.63. The van der Waals surface area contributed by atoms with Gasteiger partial charge in [0.15, 0.2) is 0 Å². The summed E-state index contributed by atoms with van der Waals surface area (Å²) in [6.45, 7) is 6.11. The number of hydrogen-bond donors (Lipinski definition) is 1. The minimum absolute atomic E-state index is 0.640. The molecule has 1 fully saturated rings. The molecule has 0 saturated carbocycles. The molecule has 17 heavy (non-hydrogen) atoms. The van der Waals surface area contributed by atoms with Gasteiger partial charge in [-0.25, -0.2) is 0 Å². The van der Waals surface area contributed by atoms with Gasteiger partial charge < -0.3 is 15.0 Å². The minimum Gasteiger partial charge on any atom is -0.492 e. The summed E-state index contributed by atoms with van der Waals surface area (Å²) in [4.78, 5) is 2.36. The average Bonchev–Trinajstić information content (AvgIpc) is 2.71. The second-order valence-corrected chi connectivity index (χ2v) is 4.87. The molecule has 1 aliphatic heterocycles. The van der Waals surface area contributed by atoms with Gasteiger partial charge in [-0.1, -0.05) is 12.1 Å². The molecule has 1 N–H and O–H groups in total. The van der Waals surface area contributed by atoms with Crippen molar-refractivity contribution in [1.82, 2.24) is 10.2 Å². The number of ether oxygens (including phenoxy) is 1. The second-order valence-electron chi connectivity index (χ2n) is 4.87. The third-order valence-corrected chi connectivity index (χ3v) is 3.18. The Labute approximate surface area is 104 Å². The molecule has 2 rings (SSSR count). The fourth-order valence-corrected chi connectivity index (χ4v) is 2.24. The van der Waals surface area contributed by atoms with Gasteiger partial charge in [0.25, 0.3) is 0 Å². The lowest BCUT2D eigenvalue weighted by Gasteiger charge is -2.13. The first-order chi connectivity index (χ1) is 8.24. The zero-order valence-corrected chi connectivity index (χ0v) is 10.8. The number of rotatable bonds is 5. The van der Waals surface area contributed by atoms with Crippen LogP contribution < -0.4 is 10.1 Å². The van der Waals surface area contributed by atoms with Crippen molar-refractivity contribution in [2.45, 2.75) is 19.4 Å². The molecule has 1 unspecified atom stereocenters. The van der Waals surface area contributed by atoms with Gasteiger partial charge in [-0.15, -0.1) is 0 Å². The van der Waals surface area contributed by atoms with E-state index in [4.69, 9.17) is 4.74 Å². The number of benzene rings is 1. The number of nitrogens with one attached hydrogen (secondary N) is 1. The van der Waals surface area contributed by atoms with E-state index in [1.54, 1.807) is 0 Å². The van der Waals surface area contributed by atoms with Gasteiger partial charge in [0.05, 0.1) is 0 Å². The van der Waals surface area contributed by atoms with Crippen LogP contribution in [0.25, 0.3) is 0 Å². The highest BCUT2D eigenvalue weighted by atomic mass is 16.5. The lowest BCUT2D eigenvalue weighted by atomic mass is 10.2. The topological polar surface area (TPSA) is 24.5 Å². The Hall–Kier alpha value is -1.06. The van der Waals surface area contributed by atoms with Crippen molar-refractivity contribution in [2.24, 2.45) is 0 Å². The van der Waals surface area contributed by atoms with Crippen LogP contribution in [0.4, 0.5) is 0 Å². The first-order valence-electron chi connectivity index (χ1n) is 6.35. The van der Waals surface area contributed by atoms with Gasteiger partial charge >= 0.3 is 0 Å². The monoisotopic (exact) mass is 234 g/mol. The summed E-state index contributed by atoms with van der Waals surface area (Å²) in [6, 6.07) is 8.84. The van der Waals surface area contributed by atoms with Crippen LogP contribution in [0.3, 0.4) is 0 Å². The Morgan fingerprint density at radius 1 is 1.47 bits per heavy atom. The molecule has 1 atom stereocenters. The minimum atomic E-state index is 0.640. The highest BCUT2D eigenvalue weighted by molar-refractivity contribution is 5.27. The fourth-order valence-electron chi connectivity index (χ4n) is 2.24. The van der Waals surface area contributed by atoms with E-state index in [9.17, 15) is 0 Å². The van der Waals surface area contributed by atoms with Crippen LogP contribution >= 0.6 is 0 Å². The zero-order chi connectivity index (χ0) is 12.1. The molecule has 0 amide bonds. The van der Waals surface area contributed by atoms with E-state index in [0.29, 0.717) is 6.04 Å². The summed E-state index contributed by atoms with van der Waals surface area (Å²) in [5.41, 5.74) is 1.24. The zero-order valence-electron chi connectivity index (χ0n) is 10.8. The lowest BCUT2D eigenvalue weighted by Crippen LogP contribution is -2.34. The molecule has 0 spiro atoms. The number of likely N-dealkylation sites (tertiary alicyclic amines) is 1. The Bertz CT molecular complexity index is 354. The molecule has 0 radical (unpaired) electrons. The number of nitrogens with zero attached hydrogens (tertiary/aromatic N) is 1. The van der Waals surface area contributed by atoms with Crippen LogP contribution in [0.15, 0.2) is 24.3 Å². The number of hydrogen-bond acceptors (Lipinski definition) is 3. The van der Waals surface area contributed by atoms with Crippen LogP contribution in [-0.4, -0.2) is 44.2 Å². The molecule has 1 saturated heterocycles. The summed E-state index contributed by atoms with van der Waals surface area (Å²) in [5, 5.41) is 3.53. The average molecular weight is 234 g/mol. The first kappa shape index (κ1) is 12.4. The standard InChI is InChI=1S/C14H22N2O/c1-12-4-3-5-14(10-12)17-9-7-15-13-6-8-16(2)11-13/h3-5,10,13,15H,6-9,11H2,1-2H3. The maximum atomic E-state index is 5.70. The normalized spacial score (nSPS) is 20.7. The van der Waals surface area contributed by atoms with Gasteiger partial charge in [-0.05, 0) is 44.6 Å². The molecular formula is C14H22N2O. The predicted octanol–water partition coefficient (Wildman–Crippen LogP) is 1.67. The third-order valence-electron chi connectivity index (χ3n) is 3.18. The quantitative estimate of drug-likeness (QED) is 0.784. The molecule has 1 aromatic carbocycles. The van der Waals surface area contributed by atoms with Crippen LogP contribution in [0.2, 0.25) is 0 Å². The van der Waals surface area contributed by atoms with Crippen molar-refractivity contribution in [2.75, 3.05) is 33.3 Å². The molecule has 1 heterocycles. The molecule has 0 aromatic heterocycles. The van der Waals surface area contributed by atoms with Crippen molar-refractivity contribution >= 4 is 0 Å². The van der Waals surface area contributed by atoms with Crippen LogP contribution in [0.1, 0.15) is 12.0 Å². The molecule has 1 aliphatic rings. The van der Waals surface area contributed by atoms with E-state index < -0.39 is 0 Å². The molecule has 94 valence electrons. The Morgan fingerprint density at radius 3 is 3.06 bits per heavy atom. The van der Waals surface area contributed by atoms with E-state index in [1.165, 1.54) is 18.5 Å². The summed E-state index contributed by atoms with van der Waals surface area (Å²) in [5.74, 6) is 0.968. The summed E-state index contributed by atoms with van der Waals surface area (Å²) in [6.07, 6.45) is 1.25. The number of likely N-dealkylation sites (N-methyl/N-ethyl adjacent to an activating group) is 1. The molecular weight excluding hydrogens is 212 g/mol. The first-order valence-corrected chi connectivity index (χ1v) is 6.35. The summed E-state index contributed by atoms with van der Waals surface area (Å²) < 4.78 is 5.70. The van der Waals surface area contributed by atoms with E-state index in [0.717, 1.165) is 25.4 Å². The smallest absolute Gasteiger partial charge is 0.119 e. The van der Waals surface area contributed by atoms with Crippen molar-refractivity contribution in [1.29, 1.82) is 0 Å². The van der Waals surface area contributed by atoms with Crippen molar-refractivity contribution in [3.63, 3.8) is 0 Å². The van der Waals surface area contributed by atoms with E-state index >= 15 is 0 Å². The third kappa shape index (κ3) is 4.02. The van der Waals surface area contributed by atoms with Crippen molar-refractivity contribution in [3.05, 3.63) is 29.8 Å². The van der Waals surface area contributed by atoms with Crippen LogP contribution in [0.5, 0.6) is 5.75 Å². The lowest BCUT2D eigenvalue weighted by molar-refractivity contribution is 0.303. The maximum Gasteiger partial charge on any atom is 0.119 e. The predicted molar refractivity (Wildman–Crippen MR) is 70.6 cm³/mol. The van der Waals surface area contributed by atoms with E-state index in [1.807, 2.05) is 12.1 Å². The highest BCUT2D eigenvalue weighted by Crippen LogP contribution is 2.12. The van der Waals surface area contributed by atoms with Crippen LogP contribution in [0, 0.1) is 6.92 Å². The Morgan fingerprint density at radius 2 is 2.35 bits per heavy atom. The fraction of sp³-hybridized carbons (Fsp3) is 0.571. The molecule has 1 aromatic rings. The van der Waals surface area contributed by atoms with Gasteiger partial charge in [0, 0.05) is 19.1 Å². The van der Waals surface area contributed by atoms with Crippen LogP contribution in [-0.2, 0) is 0 Å². The molecule has 0 bridgehead atoms. The maximum absolute atomic E-state index is 5.70. The van der Waals surface area contributed by atoms with E-state index in [2.05, 4.69) is 36.3 Å². The molecule has 0 aliphatic carbocycles. The van der Waals surface area contributed by atoms with Crippen molar-refractivity contribution in [3.8, 4) is 5.75 Å². The molecule has 3 nitrogen and oxygen atoms in total. The summed E-state index contributed by atoms with van der Waals surface area (Å²) in [7, 11) is 2.17. The van der Waals surface area contributed by atoms with Gasteiger partial charge in [0.1, 0.15) is 12.4 Å². The highest BCUT2D eigenvalue weighted by Gasteiger charge is 2.17. The van der Waals surface area contributed by atoms with Gasteiger partial charge in [0.2, 0.25) is 0 Å². The second kappa shape index (κ2) is 6.03. The van der Waals surface area contributed by atoms with Gasteiger partial charge in [-0.3, -0.25) is 0 Å². The number of aryl methyl sites for hydroxylation is 1. The van der Waals surface area contributed by atoms with Gasteiger partial charge in [-0.2, -0.15) is 0 Å².